The molecule has 0 aliphatic carbocycles. The van der Waals surface area contributed by atoms with E-state index in [0.717, 1.165) is 0 Å². The first-order valence-corrected chi connectivity index (χ1v) is 5.96. The van der Waals surface area contributed by atoms with Gasteiger partial charge < -0.3 is 10.1 Å². The number of halogens is 3. The normalized spacial score (nSPS) is 10.6. The van der Waals surface area contributed by atoms with Crippen molar-refractivity contribution in [2.45, 2.75) is 6.54 Å². The van der Waals surface area contributed by atoms with E-state index in [-0.39, 0.29) is 21.9 Å². The lowest BCUT2D eigenvalue weighted by molar-refractivity contribution is -0.390. The number of nitrogens with zero attached hydrogens (tertiary/aromatic N) is 3. The molecule has 0 radical (unpaired) electrons. The van der Waals surface area contributed by atoms with Crippen LogP contribution >= 0.6 is 27.5 Å². The largest absolute Gasteiger partial charge is 0.404 e. The second-order valence-corrected chi connectivity index (χ2v) is 4.73. The summed E-state index contributed by atoms with van der Waals surface area (Å²) in [5.41, 5.74) is 0.312. The summed E-state index contributed by atoms with van der Waals surface area (Å²) in [6.45, 7) is 0.0683. The third-order valence-electron chi connectivity index (χ3n) is 2.24. The number of aromatic nitrogens is 2. The monoisotopic (exact) mass is 333 g/mol. The third-order valence-corrected chi connectivity index (χ3v) is 3.09. The van der Waals surface area contributed by atoms with Crippen LogP contribution < -0.4 is 0 Å². The predicted molar refractivity (Wildman–Crippen MR) is 67.1 cm³/mol. The van der Waals surface area contributed by atoms with E-state index in [1.54, 1.807) is 12.1 Å². The highest BCUT2D eigenvalue weighted by molar-refractivity contribution is 9.10. The molecule has 2 aromatic rings. The smallest absolute Gasteiger partial charge is 0.358 e. The van der Waals surface area contributed by atoms with Gasteiger partial charge in [0.05, 0.1) is 22.9 Å². The lowest BCUT2D eigenvalue weighted by atomic mass is 10.2. The Kier molecular flexibility index (Phi) is 3.63. The number of hydrogen-bond donors (Lipinski definition) is 0. The molecule has 0 aliphatic heterocycles. The molecule has 0 unspecified atom stereocenters. The minimum atomic E-state index is -0.616. The highest BCUT2D eigenvalue weighted by Gasteiger charge is 2.19. The number of nitro groups is 1. The Bertz CT molecular complexity index is 617. The Hall–Kier alpha value is -1.47. The van der Waals surface area contributed by atoms with Gasteiger partial charge in [-0.3, -0.25) is 0 Å². The topological polar surface area (TPSA) is 61.0 Å². The standard InChI is InChI=1S/C10H6BrClFN3O2/c11-7-5-15(14-10(7)16(17)18)4-6-2-1-3-8(12)9(6)13/h1-3,5H,4H2. The van der Waals surface area contributed by atoms with Crippen LogP contribution in [0.2, 0.25) is 5.02 Å². The van der Waals surface area contributed by atoms with Gasteiger partial charge in [-0.15, -0.1) is 0 Å². The summed E-state index contributed by atoms with van der Waals surface area (Å²) in [4.78, 5) is 10.00. The van der Waals surface area contributed by atoms with Gasteiger partial charge in [0.1, 0.15) is 10.3 Å². The molecule has 1 aromatic carbocycles. The first-order valence-electron chi connectivity index (χ1n) is 4.79. The van der Waals surface area contributed by atoms with E-state index in [0.29, 0.717) is 5.56 Å². The molecule has 0 saturated heterocycles. The van der Waals surface area contributed by atoms with E-state index in [9.17, 15) is 14.5 Å². The van der Waals surface area contributed by atoms with Gasteiger partial charge in [-0.05, 0) is 26.9 Å². The maximum Gasteiger partial charge on any atom is 0.404 e. The summed E-state index contributed by atoms with van der Waals surface area (Å²) in [5.74, 6) is -0.856. The quantitative estimate of drug-likeness (QED) is 0.638. The fourth-order valence-electron chi connectivity index (χ4n) is 1.44. The molecular weight excluding hydrogens is 328 g/mol. The van der Waals surface area contributed by atoms with Gasteiger partial charge in [0.25, 0.3) is 0 Å². The predicted octanol–water partition coefficient (Wildman–Crippen LogP) is 3.39. The molecule has 18 heavy (non-hydrogen) atoms. The zero-order chi connectivity index (χ0) is 13.3. The molecule has 8 heteroatoms. The van der Waals surface area contributed by atoms with Crippen molar-refractivity contribution in [1.29, 1.82) is 0 Å². The average molecular weight is 335 g/mol. The number of hydrogen-bond acceptors (Lipinski definition) is 3. The molecule has 0 spiro atoms. The van der Waals surface area contributed by atoms with Crippen LogP contribution in [0.3, 0.4) is 0 Å². The molecular formula is C10H6BrClFN3O2. The van der Waals surface area contributed by atoms with Crippen LogP contribution in [0.15, 0.2) is 28.9 Å². The molecule has 5 nitrogen and oxygen atoms in total. The molecule has 1 aromatic heterocycles. The van der Waals surface area contributed by atoms with E-state index in [2.05, 4.69) is 21.0 Å². The zero-order valence-corrected chi connectivity index (χ0v) is 11.2. The Morgan fingerprint density at radius 1 is 1.56 bits per heavy atom. The van der Waals surface area contributed by atoms with Crippen molar-refractivity contribution in [3.05, 3.63) is 55.4 Å². The summed E-state index contributed by atoms with van der Waals surface area (Å²) < 4.78 is 15.2. The Labute approximate surface area is 114 Å². The minimum Gasteiger partial charge on any atom is -0.358 e. The van der Waals surface area contributed by atoms with Gasteiger partial charge in [0.15, 0.2) is 0 Å². The summed E-state index contributed by atoms with van der Waals surface area (Å²) >= 11 is 8.66. The molecule has 0 amide bonds. The summed E-state index contributed by atoms with van der Waals surface area (Å²) in [6.07, 6.45) is 1.42. The first kappa shape index (κ1) is 13.0. The molecule has 0 atom stereocenters. The van der Waals surface area contributed by atoms with Gasteiger partial charge in [0.2, 0.25) is 0 Å². The molecule has 0 aliphatic rings. The number of rotatable bonds is 3. The second-order valence-electron chi connectivity index (χ2n) is 3.47. The maximum atomic E-state index is 13.6. The maximum absolute atomic E-state index is 13.6. The third kappa shape index (κ3) is 2.51. The molecule has 2 rings (SSSR count). The van der Waals surface area contributed by atoms with E-state index < -0.39 is 10.7 Å². The van der Waals surface area contributed by atoms with Crippen LogP contribution in [-0.4, -0.2) is 14.7 Å². The van der Waals surface area contributed by atoms with Gasteiger partial charge in [-0.1, -0.05) is 23.7 Å². The van der Waals surface area contributed by atoms with E-state index in [1.807, 2.05) is 0 Å². The van der Waals surface area contributed by atoms with E-state index >= 15 is 0 Å². The summed E-state index contributed by atoms with van der Waals surface area (Å²) in [7, 11) is 0. The van der Waals surface area contributed by atoms with Crippen LogP contribution in [0.25, 0.3) is 0 Å². The average Bonchev–Trinajstić information content (AvgIpc) is 2.66. The first-order chi connectivity index (χ1) is 8.49. The fraction of sp³-hybridized carbons (Fsp3) is 0.100. The van der Waals surface area contributed by atoms with E-state index in [4.69, 9.17) is 11.6 Å². The SMILES string of the molecule is O=[N+]([O-])c1nn(Cc2cccc(Cl)c2F)cc1Br. The van der Waals surface area contributed by atoms with Crippen molar-refractivity contribution in [1.82, 2.24) is 9.78 Å². The van der Waals surface area contributed by atoms with E-state index in [1.165, 1.54) is 16.9 Å². The second kappa shape index (κ2) is 5.03. The van der Waals surface area contributed by atoms with Gasteiger partial charge in [0, 0.05) is 5.56 Å². The van der Waals surface area contributed by atoms with Crippen LogP contribution in [-0.2, 0) is 6.54 Å². The minimum absolute atomic E-state index is 0.00761. The van der Waals surface area contributed by atoms with Crippen molar-refractivity contribution < 1.29 is 9.31 Å². The van der Waals surface area contributed by atoms with Gasteiger partial charge in [-0.25, -0.2) is 4.39 Å². The number of benzene rings is 1. The molecule has 1 heterocycles. The lowest BCUT2D eigenvalue weighted by Gasteiger charge is -2.01. The lowest BCUT2D eigenvalue weighted by Crippen LogP contribution is -2.03. The van der Waals surface area contributed by atoms with Crippen LogP contribution in [0, 0.1) is 15.9 Å². The van der Waals surface area contributed by atoms with Crippen molar-refractivity contribution in [3.63, 3.8) is 0 Å². The van der Waals surface area contributed by atoms with Crippen molar-refractivity contribution >= 4 is 33.3 Å². The van der Waals surface area contributed by atoms with Crippen LogP contribution in [0.5, 0.6) is 0 Å². The van der Waals surface area contributed by atoms with Crippen molar-refractivity contribution in [2.75, 3.05) is 0 Å². The molecule has 0 bridgehead atoms. The zero-order valence-electron chi connectivity index (χ0n) is 8.81. The Morgan fingerprint density at radius 2 is 2.28 bits per heavy atom. The fourth-order valence-corrected chi connectivity index (χ4v) is 2.09. The highest BCUT2D eigenvalue weighted by Crippen LogP contribution is 2.24. The molecule has 0 fully saturated rings. The summed E-state index contributed by atoms with van der Waals surface area (Å²) in [5, 5.41) is 14.4. The molecule has 94 valence electrons. The molecule has 0 saturated carbocycles. The highest BCUT2D eigenvalue weighted by atomic mass is 79.9. The van der Waals surface area contributed by atoms with Crippen LogP contribution in [0.4, 0.5) is 10.2 Å². The van der Waals surface area contributed by atoms with Gasteiger partial charge >= 0.3 is 5.82 Å². The van der Waals surface area contributed by atoms with Crippen molar-refractivity contribution in [3.8, 4) is 0 Å². The van der Waals surface area contributed by atoms with Crippen molar-refractivity contribution in [2.24, 2.45) is 0 Å². The van der Waals surface area contributed by atoms with Crippen LogP contribution in [0.1, 0.15) is 5.56 Å². The van der Waals surface area contributed by atoms with Gasteiger partial charge in [-0.2, -0.15) is 4.68 Å². The Morgan fingerprint density at radius 3 is 2.89 bits per heavy atom. The summed E-state index contributed by atoms with van der Waals surface area (Å²) in [6, 6.07) is 4.58. The Balaban J connectivity index is 2.32. The molecule has 0 N–H and O–H groups in total.